The third-order valence-corrected chi connectivity index (χ3v) is 25.9. The Balaban J connectivity index is 0.0000000997. The molecule has 0 fully saturated rings. The standard InChI is InChI=1S/3C37H25N3/c1-38-36-28(16-10-22-34(36)39-30-18-6-2-12-24(30)25-13-3-7-19-31(25)39)29-17-11-23-35(37(29)38)40-32-20-8-4-14-26(32)27-15-5-9-21-33(27)40;1-38-32-20-18-24(39-34-14-6-2-10-26(34)27-11-3-7-15-35(27)39)22-30(32)31-23-25(19-21-33(31)38)40-36-16-8-4-12-28(36)29-13-5-9-17-37(29)40;1-38-36-22-24(39-32-14-6-2-10-26(32)27-11-3-7-15-33(27)39)18-20-30(36)31-21-19-25(23-37(31)38)40-34-16-8-4-12-28(34)29-13-5-9-17-35(29)40/h3*2-23H,1H3. The summed E-state index contributed by atoms with van der Waals surface area (Å²) >= 11 is 0. The van der Waals surface area contributed by atoms with Crippen molar-refractivity contribution < 1.29 is 0 Å². The number of benzene rings is 18. The lowest BCUT2D eigenvalue weighted by Crippen LogP contribution is -2.01. The fourth-order valence-corrected chi connectivity index (χ4v) is 20.8. The van der Waals surface area contributed by atoms with Gasteiger partial charge in [0.25, 0.3) is 0 Å². The topological polar surface area (TPSA) is 44.4 Å². The molecule has 0 amide bonds. The van der Waals surface area contributed by atoms with Gasteiger partial charge >= 0.3 is 0 Å². The molecule has 0 saturated heterocycles. The first kappa shape index (κ1) is 67.5. The quantitative estimate of drug-likeness (QED) is 0.159. The zero-order valence-electron chi connectivity index (χ0n) is 66.1. The lowest BCUT2D eigenvalue weighted by atomic mass is 10.1. The Kier molecular flexibility index (Phi) is 14.7. The first-order valence-corrected chi connectivity index (χ1v) is 41.3. The Morgan fingerprint density at radius 1 is 0.125 bits per heavy atom. The maximum Gasteiger partial charge on any atom is 0.0734 e. The molecule has 9 heteroatoms. The van der Waals surface area contributed by atoms with Crippen molar-refractivity contribution in [2.24, 2.45) is 21.1 Å². The predicted molar refractivity (Wildman–Crippen MR) is 507 cm³/mol. The van der Waals surface area contributed by atoms with Crippen LogP contribution in [0.5, 0.6) is 0 Å². The highest BCUT2D eigenvalue weighted by Crippen LogP contribution is 2.45. The molecule has 9 nitrogen and oxygen atoms in total. The van der Waals surface area contributed by atoms with Gasteiger partial charge in [-0.1, -0.05) is 255 Å². The molecular weight excluding hydrogens is 1460 g/mol. The van der Waals surface area contributed by atoms with E-state index in [1.165, 1.54) is 230 Å². The minimum Gasteiger partial charge on any atom is -0.344 e. The van der Waals surface area contributed by atoms with Gasteiger partial charge in [-0.25, -0.2) is 0 Å². The Morgan fingerprint density at radius 3 is 0.567 bits per heavy atom. The van der Waals surface area contributed by atoms with Crippen LogP contribution in [0.15, 0.2) is 400 Å². The number of aromatic nitrogens is 9. The first-order valence-electron chi connectivity index (χ1n) is 41.3. The summed E-state index contributed by atoms with van der Waals surface area (Å²) in [5.41, 5.74) is 29.3. The Labute approximate surface area is 688 Å². The zero-order chi connectivity index (χ0) is 79.1. The second-order valence-corrected chi connectivity index (χ2v) is 32.0. The van der Waals surface area contributed by atoms with Crippen molar-refractivity contribution in [1.29, 1.82) is 0 Å². The summed E-state index contributed by atoms with van der Waals surface area (Å²) < 4.78 is 21.5. The largest absolute Gasteiger partial charge is 0.344 e. The SMILES string of the molecule is Cn1c2c(-n3c4ccccc4c4ccccc43)cccc2c2cccc(-n3c4ccccc4c4ccccc43)c21.Cn1c2cc(-n3c4ccccc4c4ccccc43)ccc2c2ccc(-n3c4ccccc4c4ccccc43)cc21.Cn1c2ccc(-n3c4ccccc4c4ccccc43)cc2c2cc(-n3c4ccccc4c4ccccc43)ccc21. The molecule has 0 atom stereocenters. The summed E-state index contributed by atoms with van der Waals surface area (Å²) in [7, 11) is 6.58. The van der Waals surface area contributed by atoms with E-state index in [9.17, 15) is 0 Å². The van der Waals surface area contributed by atoms with Crippen LogP contribution in [0.4, 0.5) is 0 Å². The van der Waals surface area contributed by atoms with Crippen molar-refractivity contribution in [3.8, 4) is 34.1 Å². The van der Waals surface area contributed by atoms with Gasteiger partial charge in [-0.05, 0) is 146 Å². The number of nitrogens with zero attached hydrogens (tertiary/aromatic N) is 9. The van der Waals surface area contributed by atoms with E-state index in [4.69, 9.17) is 0 Å². The maximum absolute atomic E-state index is 2.44. The molecule has 27 rings (SSSR count). The van der Waals surface area contributed by atoms with Gasteiger partial charge in [0.15, 0.2) is 0 Å². The summed E-state index contributed by atoms with van der Waals surface area (Å²) in [5, 5.41) is 23.0. The lowest BCUT2D eigenvalue weighted by Gasteiger charge is -2.13. The summed E-state index contributed by atoms with van der Waals surface area (Å²) in [6, 6.07) is 146. The van der Waals surface area contributed by atoms with Crippen LogP contribution in [0.25, 0.3) is 230 Å². The molecule has 0 spiro atoms. The minimum atomic E-state index is 1.18. The van der Waals surface area contributed by atoms with Crippen LogP contribution in [-0.4, -0.2) is 41.1 Å². The normalized spacial score (nSPS) is 12.1. The Bertz CT molecular complexity index is 8160. The Morgan fingerprint density at radius 2 is 0.317 bits per heavy atom. The number of fused-ring (bicyclic) bond motifs is 27. The molecule has 0 bridgehead atoms. The molecule has 9 heterocycles. The molecule has 18 aromatic carbocycles. The van der Waals surface area contributed by atoms with Crippen molar-refractivity contribution in [3.63, 3.8) is 0 Å². The maximum atomic E-state index is 2.44. The van der Waals surface area contributed by atoms with Crippen LogP contribution in [-0.2, 0) is 21.1 Å². The number of hydrogen-bond donors (Lipinski definition) is 0. The van der Waals surface area contributed by atoms with Crippen molar-refractivity contribution >= 4 is 196 Å². The van der Waals surface area contributed by atoms with Gasteiger partial charge in [0.2, 0.25) is 0 Å². The van der Waals surface area contributed by atoms with Gasteiger partial charge in [0, 0.05) is 152 Å². The molecule has 0 radical (unpaired) electrons. The van der Waals surface area contributed by atoms with Gasteiger partial charge < -0.3 is 41.1 Å². The molecule has 0 saturated carbocycles. The van der Waals surface area contributed by atoms with Crippen molar-refractivity contribution in [2.75, 3.05) is 0 Å². The fraction of sp³-hybridized carbons (Fsp3) is 0.0270. The van der Waals surface area contributed by atoms with E-state index in [2.05, 4.69) is 463 Å². The molecule has 564 valence electrons. The van der Waals surface area contributed by atoms with Crippen LogP contribution >= 0.6 is 0 Å². The average molecular weight is 1530 g/mol. The highest BCUT2D eigenvalue weighted by atomic mass is 15.1. The van der Waals surface area contributed by atoms with E-state index in [1.54, 1.807) is 0 Å². The molecule has 9 aromatic heterocycles. The van der Waals surface area contributed by atoms with Crippen LogP contribution in [0, 0.1) is 0 Å². The number of hydrogen-bond acceptors (Lipinski definition) is 0. The molecule has 0 aliphatic carbocycles. The molecule has 0 aliphatic heterocycles. The second-order valence-electron chi connectivity index (χ2n) is 32.0. The van der Waals surface area contributed by atoms with Crippen LogP contribution < -0.4 is 0 Å². The number of aryl methyl sites for hydroxylation is 3. The third kappa shape index (κ3) is 9.71. The van der Waals surface area contributed by atoms with Gasteiger partial charge in [0.05, 0.1) is 99.6 Å². The molecule has 120 heavy (non-hydrogen) atoms. The van der Waals surface area contributed by atoms with Gasteiger partial charge in [-0.3, -0.25) is 0 Å². The van der Waals surface area contributed by atoms with E-state index in [0.29, 0.717) is 0 Å². The van der Waals surface area contributed by atoms with Gasteiger partial charge in [0.1, 0.15) is 0 Å². The highest BCUT2D eigenvalue weighted by molar-refractivity contribution is 6.20. The van der Waals surface area contributed by atoms with E-state index in [-0.39, 0.29) is 0 Å². The third-order valence-electron chi connectivity index (χ3n) is 25.9. The summed E-state index contributed by atoms with van der Waals surface area (Å²) in [6.45, 7) is 0. The number of para-hydroxylation sites is 14. The molecular formula is C111H75N9. The van der Waals surface area contributed by atoms with E-state index >= 15 is 0 Å². The van der Waals surface area contributed by atoms with Crippen LogP contribution in [0.1, 0.15) is 0 Å². The van der Waals surface area contributed by atoms with E-state index < -0.39 is 0 Å². The number of rotatable bonds is 6. The molecule has 27 aromatic rings. The average Bonchev–Trinajstić information content (AvgIpc) is 1.53. The fourth-order valence-electron chi connectivity index (χ4n) is 20.8. The zero-order valence-corrected chi connectivity index (χ0v) is 66.1. The Hall–Kier alpha value is -15.8. The van der Waals surface area contributed by atoms with Gasteiger partial charge in [-0.2, -0.15) is 0 Å². The smallest absolute Gasteiger partial charge is 0.0734 e. The first-order chi connectivity index (χ1) is 59.4. The molecule has 0 N–H and O–H groups in total. The van der Waals surface area contributed by atoms with Crippen molar-refractivity contribution in [2.45, 2.75) is 0 Å². The van der Waals surface area contributed by atoms with Crippen molar-refractivity contribution in [1.82, 2.24) is 41.1 Å². The summed E-state index contributed by atoms with van der Waals surface area (Å²) in [4.78, 5) is 0. The molecule has 0 unspecified atom stereocenters. The van der Waals surface area contributed by atoms with E-state index in [1.807, 2.05) is 0 Å². The van der Waals surface area contributed by atoms with Crippen molar-refractivity contribution in [3.05, 3.63) is 400 Å². The second kappa shape index (κ2) is 26.1. The molecule has 0 aliphatic rings. The predicted octanol–water partition coefficient (Wildman–Crippen LogP) is 28.6. The monoisotopic (exact) mass is 1530 g/mol. The summed E-state index contributed by atoms with van der Waals surface area (Å²) in [6.07, 6.45) is 0. The van der Waals surface area contributed by atoms with Gasteiger partial charge in [-0.15, -0.1) is 0 Å². The summed E-state index contributed by atoms with van der Waals surface area (Å²) in [5.74, 6) is 0. The minimum absolute atomic E-state index is 1.18. The van der Waals surface area contributed by atoms with Crippen LogP contribution in [0.3, 0.4) is 0 Å². The lowest BCUT2D eigenvalue weighted by molar-refractivity contribution is 0.992. The highest BCUT2D eigenvalue weighted by Gasteiger charge is 2.25. The van der Waals surface area contributed by atoms with Crippen LogP contribution in [0.2, 0.25) is 0 Å². The van der Waals surface area contributed by atoms with E-state index in [0.717, 1.165) is 0 Å².